The van der Waals surface area contributed by atoms with Gasteiger partial charge < -0.3 is 11.1 Å². The van der Waals surface area contributed by atoms with Gasteiger partial charge in [0.05, 0.1) is 0 Å². The van der Waals surface area contributed by atoms with E-state index < -0.39 is 12.0 Å². The number of hydrogen-bond donors (Lipinski definition) is 2. The monoisotopic (exact) mass is 306 g/mol. The molecule has 1 aromatic rings. The van der Waals surface area contributed by atoms with Crippen LogP contribution in [0.25, 0.3) is 0 Å². The van der Waals surface area contributed by atoms with Crippen molar-refractivity contribution >= 4 is 23.4 Å². The van der Waals surface area contributed by atoms with Crippen molar-refractivity contribution < 1.29 is 13.2 Å². The molecule has 1 saturated carbocycles. The molecule has 112 valence electrons. The van der Waals surface area contributed by atoms with Gasteiger partial charge in [-0.3, -0.25) is 0 Å². The van der Waals surface area contributed by atoms with Crippen LogP contribution in [0, 0.1) is 0 Å². The molecule has 4 nitrogen and oxygen atoms in total. The van der Waals surface area contributed by atoms with Crippen LogP contribution in [0.3, 0.4) is 0 Å². The predicted octanol–water partition coefficient (Wildman–Crippen LogP) is 3.16. The van der Waals surface area contributed by atoms with Gasteiger partial charge in [0.2, 0.25) is 5.82 Å². The molecule has 3 N–H and O–H groups in total. The highest BCUT2D eigenvalue weighted by atomic mass is 32.2. The highest BCUT2D eigenvalue weighted by Gasteiger charge is 2.35. The fourth-order valence-corrected chi connectivity index (χ4v) is 3.34. The lowest BCUT2D eigenvalue weighted by Gasteiger charge is -2.31. The molecule has 2 rings (SSSR count). The number of alkyl halides is 3. The Balaban J connectivity index is 2.18. The minimum atomic E-state index is -4.59. The van der Waals surface area contributed by atoms with E-state index in [2.05, 4.69) is 15.3 Å². The van der Waals surface area contributed by atoms with Crippen LogP contribution in [0.4, 0.5) is 24.8 Å². The van der Waals surface area contributed by atoms with Crippen molar-refractivity contribution in [3.8, 4) is 0 Å². The predicted molar refractivity (Wildman–Crippen MR) is 74.6 cm³/mol. The highest BCUT2D eigenvalue weighted by Crippen LogP contribution is 2.31. The van der Waals surface area contributed by atoms with E-state index in [0.717, 1.165) is 25.7 Å². The molecule has 2 atom stereocenters. The Labute approximate surface area is 119 Å². The molecule has 0 saturated heterocycles. The molecule has 0 radical (unpaired) electrons. The van der Waals surface area contributed by atoms with Gasteiger partial charge in [-0.2, -0.15) is 24.9 Å². The average Bonchev–Trinajstić information content (AvgIpc) is 2.37. The quantitative estimate of drug-likeness (QED) is 0.898. The summed E-state index contributed by atoms with van der Waals surface area (Å²) in [7, 11) is 0. The summed E-state index contributed by atoms with van der Waals surface area (Å²) >= 11 is 1.73. The van der Waals surface area contributed by atoms with Gasteiger partial charge >= 0.3 is 6.18 Å². The van der Waals surface area contributed by atoms with Gasteiger partial charge in [-0.1, -0.05) is 12.8 Å². The SMILES string of the molecule is CSC1CCCCC1Nc1cc(N)nc(C(F)(F)F)n1. The van der Waals surface area contributed by atoms with Crippen molar-refractivity contribution in [1.82, 2.24) is 9.97 Å². The van der Waals surface area contributed by atoms with Crippen molar-refractivity contribution in [3.05, 3.63) is 11.9 Å². The number of hydrogen-bond acceptors (Lipinski definition) is 5. The minimum Gasteiger partial charge on any atom is -0.384 e. The zero-order chi connectivity index (χ0) is 14.8. The van der Waals surface area contributed by atoms with Crippen LogP contribution in [0.2, 0.25) is 0 Å². The molecule has 8 heteroatoms. The maximum Gasteiger partial charge on any atom is 0.451 e. The Hall–Kier alpha value is -1.18. The third kappa shape index (κ3) is 3.68. The summed E-state index contributed by atoms with van der Waals surface area (Å²) < 4.78 is 38.0. The molecule has 0 aliphatic heterocycles. The Morgan fingerprint density at radius 1 is 1.30 bits per heavy atom. The molecule has 20 heavy (non-hydrogen) atoms. The molecule has 0 aromatic carbocycles. The topological polar surface area (TPSA) is 63.8 Å². The first-order valence-electron chi connectivity index (χ1n) is 6.41. The molecule has 1 heterocycles. The van der Waals surface area contributed by atoms with E-state index in [4.69, 9.17) is 5.73 Å². The molecule has 1 aliphatic carbocycles. The number of nitrogens with one attached hydrogen (secondary N) is 1. The Kier molecular flexibility index (Phi) is 4.62. The van der Waals surface area contributed by atoms with Crippen LogP contribution in [-0.2, 0) is 6.18 Å². The van der Waals surface area contributed by atoms with Crippen molar-refractivity contribution in [1.29, 1.82) is 0 Å². The first-order chi connectivity index (χ1) is 9.40. The van der Waals surface area contributed by atoms with Gasteiger partial charge in [-0.05, 0) is 19.1 Å². The fourth-order valence-electron chi connectivity index (χ4n) is 2.40. The summed E-state index contributed by atoms with van der Waals surface area (Å²) in [5.41, 5.74) is 5.43. The summed E-state index contributed by atoms with van der Waals surface area (Å²) in [5.74, 6) is -1.22. The summed E-state index contributed by atoms with van der Waals surface area (Å²) in [4.78, 5) is 6.77. The van der Waals surface area contributed by atoms with E-state index in [1.807, 2.05) is 6.26 Å². The van der Waals surface area contributed by atoms with Gasteiger partial charge in [0.15, 0.2) is 0 Å². The number of thioether (sulfide) groups is 1. The van der Waals surface area contributed by atoms with Gasteiger partial charge in [0.1, 0.15) is 11.6 Å². The Morgan fingerprint density at radius 3 is 2.65 bits per heavy atom. The number of halogens is 3. The maximum atomic E-state index is 12.7. The van der Waals surface area contributed by atoms with E-state index in [-0.39, 0.29) is 17.7 Å². The smallest absolute Gasteiger partial charge is 0.384 e. The van der Waals surface area contributed by atoms with E-state index in [1.54, 1.807) is 11.8 Å². The average molecular weight is 306 g/mol. The van der Waals surface area contributed by atoms with E-state index in [1.165, 1.54) is 6.07 Å². The molecule has 0 bridgehead atoms. The summed E-state index contributed by atoms with van der Waals surface area (Å²) in [6.45, 7) is 0. The molecule has 1 aliphatic rings. The summed E-state index contributed by atoms with van der Waals surface area (Å²) in [6, 6.07) is 1.47. The normalized spacial score (nSPS) is 23.6. The van der Waals surface area contributed by atoms with Gasteiger partial charge in [-0.25, -0.2) is 9.97 Å². The number of aromatic nitrogens is 2. The van der Waals surface area contributed by atoms with Gasteiger partial charge in [-0.15, -0.1) is 0 Å². The number of nitrogen functional groups attached to an aromatic ring is 1. The van der Waals surface area contributed by atoms with Crippen LogP contribution in [0.15, 0.2) is 6.07 Å². The van der Waals surface area contributed by atoms with Crippen molar-refractivity contribution in [2.45, 2.75) is 43.2 Å². The third-order valence-corrected chi connectivity index (χ3v) is 4.51. The molecule has 1 aromatic heterocycles. The lowest BCUT2D eigenvalue weighted by Crippen LogP contribution is -2.34. The van der Waals surface area contributed by atoms with Crippen LogP contribution >= 0.6 is 11.8 Å². The van der Waals surface area contributed by atoms with Crippen molar-refractivity contribution in [2.24, 2.45) is 0 Å². The van der Waals surface area contributed by atoms with Crippen LogP contribution in [0.1, 0.15) is 31.5 Å². The van der Waals surface area contributed by atoms with Crippen molar-refractivity contribution in [3.63, 3.8) is 0 Å². The second-order valence-electron chi connectivity index (χ2n) is 4.81. The molecule has 0 spiro atoms. The molecular formula is C12H17F3N4S. The number of anilines is 2. The zero-order valence-corrected chi connectivity index (χ0v) is 11.9. The molecular weight excluding hydrogens is 289 g/mol. The third-order valence-electron chi connectivity index (χ3n) is 3.34. The first kappa shape index (κ1) is 15.2. The minimum absolute atomic E-state index is 0.120. The van der Waals surface area contributed by atoms with E-state index >= 15 is 0 Å². The summed E-state index contributed by atoms with van der Waals surface area (Å²) in [6.07, 6.45) is 1.64. The lowest BCUT2D eigenvalue weighted by atomic mass is 9.95. The largest absolute Gasteiger partial charge is 0.451 e. The van der Waals surface area contributed by atoms with Crippen molar-refractivity contribution in [2.75, 3.05) is 17.3 Å². The molecule has 1 fully saturated rings. The zero-order valence-electron chi connectivity index (χ0n) is 11.1. The lowest BCUT2D eigenvalue weighted by molar-refractivity contribution is -0.144. The second kappa shape index (κ2) is 6.07. The Morgan fingerprint density at radius 2 is 2.00 bits per heavy atom. The van der Waals surface area contributed by atoms with Crippen LogP contribution in [-0.4, -0.2) is 27.5 Å². The van der Waals surface area contributed by atoms with Crippen LogP contribution in [0.5, 0.6) is 0 Å². The van der Waals surface area contributed by atoms with Gasteiger partial charge in [0, 0.05) is 17.4 Å². The molecule has 0 amide bonds. The highest BCUT2D eigenvalue weighted by molar-refractivity contribution is 7.99. The Bertz CT molecular complexity index is 467. The van der Waals surface area contributed by atoms with Crippen LogP contribution < -0.4 is 11.1 Å². The number of nitrogens with zero attached hydrogens (tertiary/aromatic N) is 2. The first-order valence-corrected chi connectivity index (χ1v) is 7.70. The summed E-state index contributed by atoms with van der Waals surface area (Å²) in [5, 5.41) is 3.47. The fraction of sp³-hybridized carbons (Fsp3) is 0.667. The number of rotatable bonds is 3. The molecule has 2 unspecified atom stereocenters. The van der Waals surface area contributed by atoms with E-state index in [0.29, 0.717) is 5.25 Å². The maximum absolute atomic E-state index is 12.7. The van der Waals surface area contributed by atoms with Gasteiger partial charge in [0.25, 0.3) is 0 Å². The van der Waals surface area contributed by atoms with E-state index in [9.17, 15) is 13.2 Å². The number of nitrogens with two attached hydrogens (primary N) is 1. The standard InChI is InChI=1S/C12H17F3N4S/c1-20-8-5-3-2-4-7(8)17-10-6-9(16)18-11(19-10)12(13,14)15/h6-8H,2-5H2,1H3,(H3,16,17,18,19). The second-order valence-corrected chi connectivity index (χ2v) is 5.89.